The van der Waals surface area contributed by atoms with Crippen LogP contribution in [-0.2, 0) is 4.57 Å². The lowest BCUT2D eigenvalue weighted by Crippen LogP contribution is -1.94. The zero-order valence-corrected chi connectivity index (χ0v) is 13.0. The molecule has 0 aliphatic rings. The van der Waals surface area contributed by atoms with Gasteiger partial charge in [-0.15, -0.1) is 0 Å². The van der Waals surface area contributed by atoms with E-state index in [1.165, 1.54) is 32.1 Å². The fourth-order valence-corrected chi connectivity index (χ4v) is 7.30. The second kappa shape index (κ2) is 10.7. The van der Waals surface area contributed by atoms with Gasteiger partial charge in [0, 0.05) is 18.1 Å². The van der Waals surface area contributed by atoms with Gasteiger partial charge in [-0.3, -0.25) is 0 Å². The maximum absolute atomic E-state index is 12.7. The fourth-order valence-electron chi connectivity index (χ4n) is 1.62. The summed E-state index contributed by atoms with van der Waals surface area (Å²) >= 11 is 1.80. The third kappa shape index (κ3) is 8.70. The normalized spacial score (nSPS) is 11.9. The van der Waals surface area contributed by atoms with Crippen LogP contribution in [0.2, 0.25) is 0 Å². The second-order valence-electron chi connectivity index (χ2n) is 4.51. The average Bonchev–Trinajstić information content (AvgIpc) is 2.30. The number of hydrogen-bond donors (Lipinski definition) is 0. The van der Waals surface area contributed by atoms with E-state index >= 15 is 0 Å². The van der Waals surface area contributed by atoms with Crippen molar-refractivity contribution in [2.45, 2.75) is 65.7 Å². The first-order chi connectivity index (χ1) is 7.68. The zero-order chi connectivity index (χ0) is 12.3. The van der Waals surface area contributed by atoms with Gasteiger partial charge < -0.3 is 4.57 Å². The molecule has 0 aromatic heterocycles. The van der Waals surface area contributed by atoms with Crippen molar-refractivity contribution in [3.63, 3.8) is 0 Å². The summed E-state index contributed by atoms with van der Waals surface area (Å²) in [5.41, 5.74) is 0. The quantitative estimate of drug-likeness (QED) is 0.347. The molecular formula is C13H29OPS. The van der Waals surface area contributed by atoms with Crippen LogP contribution in [0.25, 0.3) is 0 Å². The Morgan fingerprint density at radius 2 is 1.31 bits per heavy atom. The standard InChI is InChI=1S/C13H29OPS/c1-4-7-10-13-16-15(14,11-8-5-2)12-9-6-3/h4-13H2,1-3H3. The summed E-state index contributed by atoms with van der Waals surface area (Å²) in [5, 5.41) is 0. The Kier molecular flexibility index (Phi) is 11.1. The molecule has 0 saturated heterocycles. The topological polar surface area (TPSA) is 17.1 Å². The molecule has 1 nitrogen and oxygen atoms in total. The molecule has 0 unspecified atom stereocenters. The van der Waals surface area contributed by atoms with Crippen molar-refractivity contribution >= 4 is 17.7 Å². The van der Waals surface area contributed by atoms with E-state index < -0.39 is 6.34 Å². The third-order valence-electron chi connectivity index (χ3n) is 2.78. The Balaban J connectivity index is 3.92. The molecule has 16 heavy (non-hydrogen) atoms. The first-order valence-corrected chi connectivity index (χ1v) is 10.6. The van der Waals surface area contributed by atoms with Gasteiger partial charge in [-0.2, -0.15) is 0 Å². The average molecular weight is 264 g/mol. The van der Waals surface area contributed by atoms with E-state index in [9.17, 15) is 4.57 Å². The van der Waals surface area contributed by atoms with E-state index in [0.29, 0.717) is 0 Å². The summed E-state index contributed by atoms with van der Waals surface area (Å²) in [4.78, 5) is 0. The molecule has 0 spiro atoms. The van der Waals surface area contributed by atoms with Gasteiger partial charge in [0.05, 0.1) is 0 Å². The summed E-state index contributed by atoms with van der Waals surface area (Å²) in [6.45, 7) is 6.59. The molecule has 0 aromatic rings. The summed E-state index contributed by atoms with van der Waals surface area (Å²) in [5.74, 6) is 1.11. The predicted octanol–water partition coefficient (Wildman–Crippen LogP) is 5.79. The lowest BCUT2D eigenvalue weighted by Gasteiger charge is -2.17. The van der Waals surface area contributed by atoms with Gasteiger partial charge in [-0.1, -0.05) is 57.8 Å². The number of hydrogen-bond acceptors (Lipinski definition) is 2. The molecule has 0 heterocycles. The van der Waals surface area contributed by atoms with Crippen LogP contribution in [0.1, 0.15) is 65.7 Å². The minimum Gasteiger partial charge on any atom is -0.312 e. The van der Waals surface area contributed by atoms with Gasteiger partial charge in [-0.25, -0.2) is 0 Å². The zero-order valence-electron chi connectivity index (χ0n) is 11.3. The lowest BCUT2D eigenvalue weighted by atomic mass is 10.3. The molecule has 3 heteroatoms. The fraction of sp³-hybridized carbons (Fsp3) is 1.00. The van der Waals surface area contributed by atoms with Crippen molar-refractivity contribution in [2.24, 2.45) is 0 Å². The van der Waals surface area contributed by atoms with Crippen LogP contribution < -0.4 is 0 Å². The molecule has 0 N–H and O–H groups in total. The highest BCUT2D eigenvalue weighted by molar-refractivity contribution is 8.58. The van der Waals surface area contributed by atoms with Crippen LogP contribution in [0.3, 0.4) is 0 Å². The molecule has 0 aromatic carbocycles. The van der Waals surface area contributed by atoms with Crippen LogP contribution >= 0.6 is 17.7 Å². The summed E-state index contributed by atoms with van der Waals surface area (Å²) in [7, 11) is 0. The molecule has 0 bridgehead atoms. The Labute approximate surface area is 106 Å². The third-order valence-corrected chi connectivity index (χ3v) is 8.77. The summed E-state index contributed by atoms with van der Waals surface area (Å²) in [6, 6.07) is 0. The second-order valence-corrected chi connectivity index (χ2v) is 10.5. The molecule has 0 aliphatic heterocycles. The van der Waals surface area contributed by atoms with Crippen LogP contribution in [0, 0.1) is 0 Å². The molecule has 0 radical (unpaired) electrons. The van der Waals surface area contributed by atoms with Gasteiger partial charge in [-0.05, 0) is 19.3 Å². The molecule has 0 fully saturated rings. The maximum Gasteiger partial charge on any atom is 0.139 e. The predicted molar refractivity (Wildman–Crippen MR) is 79.1 cm³/mol. The molecule has 0 amide bonds. The monoisotopic (exact) mass is 264 g/mol. The molecule has 0 aliphatic carbocycles. The van der Waals surface area contributed by atoms with E-state index in [0.717, 1.165) is 30.9 Å². The van der Waals surface area contributed by atoms with Gasteiger partial charge >= 0.3 is 0 Å². The summed E-state index contributed by atoms with van der Waals surface area (Å²) < 4.78 is 12.7. The smallest absolute Gasteiger partial charge is 0.139 e. The molecule has 0 atom stereocenters. The number of unbranched alkanes of at least 4 members (excludes halogenated alkanes) is 4. The molecule has 0 rings (SSSR count). The van der Waals surface area contributed by atoms with Crippen molar-refractivity contribution in [2.75, 3.05) is 18.1 Å². The van der Waals surface area contributed by atoms with Crippen molar-refractivity contribution in [1.82, 2.24) is 0 Å². The van der Waals surface area contributed by atoms with Gasteiger partial charge in [0.2, 0.25) is 0 Å². The first kappa shape index (κ1) is 16.6. The highest BCUT2D eigenvalue weighted by atomic mass is 32.7. The number of rotatable bonds is 11. The maximum atomic E-state index is 12.7. The van der Waals surface area contributed by atoms with Crippen molar-refractivity contribution in [3.05, 3.63) is 0 Å². The van der Waals surface area contributed by atoms with Crippen molar-refractivity contribution in [3.8, 4) is 0 Å². The van der Waals surface area contributed by atoms with E-state index in [1.54, 1.807) is 11.4 Å². The van der Waals surface area contributed by atoms with Gasteiger partial charge in [0.25, 0.3) is 0 Å². The van der Waals surface area contributed by atoms with Crippen molar-refractivity contribution < 1.29 is 4.57 Å². The highest BCUT2D eigenvalue weighted by Gasteiger charge is 2.20. The highest BCUT2D eigenvalue weighted by Crippen LogP contribution is 2.59. The molecule has 0 saturated carbocycles. The first-order valence-electron chi connectivity index (χ1n) is 6.91. The Morgan fingerprint density at radius 3 is 1.75 bits per heavy atom. The van der Waals surface area contributed by atoms with E-state index in [-0.39, 0.29) is 0 Å². The van der Waals surface area contributed by atoms with Crippen molar-refractivity contribution in [1.29, 1.82) is 0 Å². The molecule has 98 valence electrons. The van der Waals surface area contributed by atoms with E-state index in [1.807, 2.05) is 0 Å². The van der Waals surface area contributed by atoms with Crippen LogP contribution in [0.15, 0.2) is 0 Å². The minimum absolute atomic E-state index is 0.973. The van der Waals surface area contributed by atoms with Crippen LogP contribution in [0.5, 0.6) is 0 Å². The SMILES string of the molecule is CCCCCSP(=O)(CCCC)CCCC. The van der Waals surface area contributed by atoms with Gasteiger partial charge in [0.15, 0.2) is 0 Å². The minimum atomic E-state index is -1.88. The van der Waals surface area contributed by atoms with Gasteiger partial charge in [0.1, 0.15) is 6.34 Å². The lowest BCUT2D eigenvalue weighted by molar-refractivity contribution is 0.580. The largest absolute Gasteiger partial charge is 0.312 e. The van der Waals surface area contributed by atoms with Crippen LogP contribution in [0.4, 0.5) is 0 Å². The molecular weight excluding hydrogens is 235 g/mol. The Hall–Kier alpha value is 0.580. The van der Waals surface area contributed by atoms with E-state index in [4.69, 9.17) is 0 Å². The Morgan fingerprint density at radius 1 is 0.812 bits per heavy atom. The Bertz CT molecular complexity index is 182. The summed E-state index contributed by atoms with van der Waals surface area (Å²) in [6.07, 6.45) is 8.48. The van der Waals surface area contributed by atoms with E-state index in [2.05, 4.69) is 20.8 Å². The van der Waals surface area contributed by atoms with Crippen LogP contribution in [-0.4, -0.2) is 18.1 Å².